The van der Waals surface area contributed by atoms with Crippen molar-refractivity contribution in [3.63, 3.8) is 0 Å². The van der Waals surface area contributed by atoms with E-state index >= 15 is 0 Å². The van der Waals surface area contributed by atoms with E-state index in [9.17, 15) is 9.65 Å². The number of H-pyrrole nitrogens is 1. The molecule has 0 bridgehead atoms. The first-order valence-electron chi connectivity index (χ1n) is 6.07. The van der Waals surface area contributed by atoms with Gasteiger partial charge in [0.1, 0.15) is 17.6 Å². The highest BCUT2D eigenvalue weighted by Gasteiger charge is 2.14. The van der Waals surface area contributed by atoms with Crippen LogP contribution in [0.1, 0.15) is 5.69 Å². The molecule has 3 aromatic rings. The minimum absolute atomic E-state index is 0.298. The molecule has 20 heavy (non-hydrogen) atoms. The maximum Gasteiger partial charge on any atom is 0.126 e. The lowest BCUT2D eigenvalue weighted by atomic mass is 9.97. The van der Waals surface area contributed by atoms with Gasteiger partial charge in [0.2, 0.25) is 0 Å². The highest BCUT2D eigenvalue weighted by atomic mass is 19.1. The third-order valence-corrected chi connectivity index (χ3v) is 3.12. The molecule has 3 rings (SSSR count). The number of halogens is 1. The molecule has 0 unspecified atom stereocenters. The van der Waals surface area contributed by atoms with E-state index in [2.05, 4.69) is 16.0 Å². The molecular weight excluding hydrogens is 253 g/mol. The van der Waals surface area contributed by atoms with Gasteiger partial charge in [0.15, 0.2) is 0 Å². The van der Waals surface area contributed by atoms with Crippen molar-refractivity contribution in [1.82, 2.24) is 9.97 Å². The maximum atomic E-state index is 13.1. The molecule has 1 N–H and O–H groups in total. The lowest BCUT2D eigenvalue weighted by Crippen LogP contribution is -1.85. The van der Waals surface area contributed by atoms with E-state index < -0.39 is 0 Å². The van der Waals surface area contributed by atoms with Crippen molar-refractivity contribution >= 4 is 0 Å². The molecule has 3 nitrogen and oxygen atoms in total. The average Bonchev–Trinajstić information content (AvgIpc) is 2.93. The first-order valence-corrected chi connectivity index (χ1v) is 6.07. The highest BCUT2D eigenvalue weighted by Crippen LogP contribution is 2.34. The Morgan fingerprint density at radius 2 is 1.70 bits per heavy atom. The summed E-state index contributed by atoms with van der Waals surface area (Å²) in [7, 11) is 0. The molecule has 0 saturated carbocycles. The van der Waals surface area contributed by atoms with Gasteiger partial charge in [-0.25, -0.2) is 4.39 Å². The predicted octanol–water partition coefficient (Wildman–Crippen LogP) is 3.75. The second-order valence-electron chi connectivity index (χ2n) is 4.31. The third kappa shape index (κ3) is 2.06. The zero-order valence-electron chi connectivity index (χ0n) is 10.5. The van der Waals surface area contributed by atoms with Gasteiger partial charge in [-0.15, -0.1) is 0 Å². The van der Waals surface area contributed by atoms with Crippen molar-refractivity contribution in [2.75, 3.05) is 0 Å². The van der Waals surface area contributed by atoms with Crippen LogP contribution in [0.25, 0.3) is 22.3 Å². The summed E-state index contributed by atoms with van der Waals surface area (Å²) in [5.41, 5.74) is 3.89. The van der Waals surface area contributed by atoms with Crippen molar-refractivity contribution < 1.29 is 4.39 Å². The molecule has 2 aromatic heterocycles. The number of aromatic nitrogens is 2. The zero-order chi connectivity index (χ0) is 13.9. The van der Waals surface area contributed by atoms with E-state index in [4.69, 9.17) is 0 Å². The minimum Gasteiger partial charge on any atom is -0.352 e. The Morgan fingerprint density at radius 3 is 2.35 bits per heavy atom. The van der Waals surface area contributed by atoms with Gasteiger partial charge in [-0.05, 0) is 35.4 Å². The molecule has 0 fully saturated rings. The Balaban J connectivity index is 2.21. The first kappa shape index (κ1) is 12.1. The van der Waals surface area contributed by atoms with E-state index in [0.29, 0.717) is 5.69 Å². The summed E-state index contributed by atoms with van der Waals surface area (Å²) in [5.74, 6) is -0.298. The van der Waals surface area contributed by atoms with Crippen LogP contribution in [0, 0.1) is 17.1 Å². The zero-order valence-corrected chi connectivity index (χ0v) is 10.5. The Hall–Kier alpha value is -2.93. The van der Waals surface area contributed by atoms with Crippen LogP contribution in [0.15, 0.2) is 55.0 Å². The summed E-state index contributed by atoms with van der Waals surface area (Å²) in [6.45, 7) is 0. The molecule has 0 aliphatic carbocycles. The average molecular weight is 263 g/mol. The monoisotopic (exact) mass is 263 g/mol. The number of nitriles is 1. The van der Waals surface area contributed by atoms with Gasteiger partial charge in [-0.1, -0.05) is 12.1 Å². The molecule has 0 aliphatic heterocycles. The van der Waals surface area contributed by atoms with Crippen LogP contribution in [0.2, 0.25) is 0 Å². The molecule has 4 heteroatoms. The van der Waals surface area contributed by atoms with Crippen molar-refractivity contribution in [1.29, 1.82) is 5.26 Å². The van der Waals surface area contributed by atoms with E-state index in [1.54, 1.807) is 30.7 Å². The molecule has 0 spiro atoms. The summed E-state index contributed by atoms with van der Waals surface area (Å²) in [6, 6.07) is 12.0. The van der Waals surface area contributed by atoms with Gasteiger partial charge in [0.25, 0.3) is 0 Å². The lowest BCUT2D eigenvalue weighted by molar-refractivity contribution is 0.628. The van der Waals surface area contributed by atoms with Gasteiger partial charge in [0.05, 0.1) is 0 Å². The van der Waals surface area contributed by atoms with Gasteiger partial charge in [-0.3, -0.25) is 4.98 Å². The largest absolute Gasteiger partial charge is 0.352 e. The molecule has 0 saturated heterocycles. The van der Waals surface area contributed by atoms with Crippen molar-refractivity contribution in [3.8, 4) is 28.3 Å². The molecule has 0 amide bonds. The summed E-state index contributed by atoms with van der Waals surface area (Å²) in [6.07, 6.45) is 5.18. The molecule has 96 valence electrons. The van der Waals surface area contributed by atoms with Crippen LogP contribution in [-0.4, -0.2) is 9.97 Å². The predicted molar refractivity (Wildman–Crippen MR) is 74.1 cm³/mol. The number of benzene rings is 1. The van der Waals surface area contributed by atoms with Crippen LogP contribution < -0.4 is 0 Å². The fraction of sp³-hybridized carbons (Fsp3) is 0. The van der Waals surface area contributed by atoms with Crippen molar-refractivity contribution in [2.45, 2.75) is 0 Å². The molecular formula is C16H10FN3. The second-order valence-corrected chi connectivity index (χ2v) is 4.31. The highest BCUT2D eigenvalue weighted by molar-refractivity contribution is 5.86. The fourth-order valence-corrected chi connectivity index (χ4v) is 2.19. The van der Waals surface area contributed by atoms with E-state index in [1.807, 2.05) is 12.1 Å². The smallest absolute Gasteiger partial charge is 0.126 e. The Kier molecular flexibility index (Phi) is 3.02. The normalized spacial score (nSPS) is 10.2. The number of rotatable bonds is 2. The molecule has 0 aliphatic rings. The van der Waals surface area contributed by atoms with Gasteiger partial charge < -0.3 is 4.98 Å². The lowest BCUT2D eigenvalue weighted by Gasteiger charge is -2.05. The number of nitrogens with one attached hydrogen (secondary N) is 1. The Morgan fingerprint density at radius 1 is 1.00 bits per heavy atom. The van der Waals surface area contributed by atoms with Crippen LogP contribution >= 0.6 is 0 Å². The van der Waals surface area contributed by atoms with Gasteiger partial charge in [-0.2, -0.15) is 5.26 Å². The van der Waals surface area contributed by atoms with Gasteiger partial charge in [0, 0.05) is 29.7 Å². The Bertz CT molecular complexity index is 768. The first-order chi connectivity index (χ1) is 9.79. The van der Waals surface area contributed by atoms with E-state index in [0.717, 1.165) is 22.3 Å². The van der Waals surface area contributed by atoms with Crippen LogP contribution in [0.4, 0.5) is 4.39 Å². The quantitative estimate of drug-likeness (QED) is 0.765. The van der Waals surface area contributed by atoms with Crippen molar-refractivity contribution in [2.24, 2.45) is 0 Å². The number of aromatic amines is 1. The SMILES string of the molecule is N#Cc1[nH]cc(-c2ccncc2)c1-c1ccc(F)cc1. The van der Waals surface area contributed by atoms with Crippen LogP contribution in [-0.2, 0) is 0 Å². The summed E-state index contributed by atoms with van der Waals surface area (Å²) in [5, 5.41) is 9.23. The van der Waals surface area contributed by atoms with E-state index in [-0.39, 0.29) is 5.82 Å². The summed E-state index contributed by atoms with van der Waals surface area (Å²) >= 11 is 0. The molecule has 2 heterocycles. The van der Waals surface area contributed by atoms with Crippen molar-refractivity contribution in [3.05, 3.63) is 66.5 Å². The number of hydrogen-bond donors (Lipinski definition) is 1. The Labute approximate surface area is 115 Å². The number of nitrogens with zero attached hydrogens (tertiary/aromatic N) is 2. The number of hydrogen-bond acceptors (Lipinski definition) is 2. The fourth-order valence-electron chi connectivity index (χ4n) is 2.19. The topological polar surface area (TPSA) is 52.5 Å². The third-order valence-electron chi connectivity index (χ3n) is 3.12. The standard InChI is InChI=1S/C16H10FN3/c17-13-3-1-12(2-4-13)16-14(10-20-15(16)9-18)11-5-7-19-8-6-11/h1-8,10,20H. The molecule has 0 radical (unpaired) electrons. The van der Waals surface area contributed by atoms with E-state index in [1.165, 1.54) is 12.1 Å². The number of pyridine rings is 1. The summed E-state index contributed by atoms with van der Waals surface area (Å²) < 4.78 is 13.1. The summed E-state index contributed by atoms with van der Waals surface area (Å²) in [4.78, 5) is 6.95. The second kappa shape index (κ2) is 4.98. The maximum absolute atomic E-state index is 13.1. The van der Waals surface area contributed by atoms with Crippen LogP contribution in [0.3, 0.4) is 0 Å². The molecule has 1 aromatic carbocycles. The van der Waals surface area contributed by atoms with Crippen LogP contribution in [0.5, 0.6) is 0 Å². The minimum atomic E-state index is -0.298. The molecule has 0 atom stereocenters. The van der Waals surface area contributed by atoms with Gasteiger partial charge >= 0.3 is 0 Å².